The highest BCUT2D eigenvalue weighted by atomic mass is 32.2. The van der Waals surface area contributed by atoms with Crippen molar-refractivity contribution in [3.8, 4) is 0 Å². The van der Waals surface area contributed by atoms with Gasteiger partial charge in [0.25, 0.3) is 10.0 Å². The highest BCUT2D eigenvalue weighted by molar-refractivity contribution is 7.91. The van der Waals surface area contributed by atoms with E-state index >= 15 is 0 Å². The lowest BCUT2D eigenvalue weighted by molar-refractivity contribution is 0.198. The molecule has 0 aliphatic carbocycles. The van der Waals surface area contributed by atoms with E-state index in [2.05, 4.69) is 4.90 Å². The maximum atomic E-state index is 13.2. The van der Waals surface area contributed by atoms with E-state index in [-0.39, 0.29) is 6.17 Å². The van der Waals surface area contributed by atoms with Gasteiger partial charge in [0, 0.05) is 24.0 Å². The molecular weight excluding hydrogens is 328 g/mol. The third-order valence-corrected chi connectivity index (χ3v) is 8.06. The number of thiophene rings is 1. The number of hydrogen-bond acceptors (Lipinski definition) is 4. The molecule has 1 aromatic heterocycles. The van der Waals surface area contributed by atoms with Gasteiger partial charge in [0.05, 0.1) is 0 Å². The van der Waals surface area contributed by atoms with Gasteiger partial charge >= 0.3 is 0 Å². The summed E-state index contributed by atoms with van der Waals surface area (Å²) >= 11 is 1.36. The zero-order valence-electron chi connectivity index (χ0n) is 13.1. The van der Waals surface area contributed by atoms with Gasteiger partial charge in [0.1, 0.15) is 10.4 Å². The molecule has 2 saturated heterocycles. The second-order valence-corrected chi connectivity index (χ2v) is 9.66. The molecule has 0 radical (unpaired) electrons. The maximum absolute atomic E-state index is 13.2. The van der Waals surface area contributed by atoms with Crippen molar-refractivity contribution in [3.05, 3.63) is 52.9 Å². The Morgan fingerprint density at radius 1 is 1.13 bits per heavy atom. The Morgan fingerprint density at radius 2 is 1.91 bits per heavy atom. The van der Waals surface area contributed by atoms with Gasteiger partial charge in [-0.3, -0.25) is 4.90 Å². The molecule has 0 spiro atoms. The lowest BCUT2D eigenvalue weighted by Crippen LogP contribution is -2.34. The summed E-state index contributed by atoms with van der Waals surface area (Å²) in [4.78, 5) is 3.38. The van der Waals surface area contributed by atoms with Crippen LogP contribution in [0.1, 0.15) is 29.4 Å². The van der Waals surface area contributed by atoms with Crippen LogP contribution in [-0.2, 0) is 10.0 Å². The summed E-state index contributed by atoms with van der Waals surface area (Å²) in [5, 5.41) is 0. The highest BCUT2D eigenvalue weighted by Gasteiger charge is 2.48. The topological polar surface area (TPSA) is 40.6 Å². The Morgan fingerprint density at radius 3 is 2.61 bits per heavy atom. The van der Waals surface area contributed by atoms with Crippen LogP contribution >= 0.6 is 11.3 Å². The first-order chi connectivity index (χ1) is 11.1. The molecule has 0 amide bonds. The predicted molar refractivity (Wildman–Crippen MR) is 91.9 cm³/mol. The SMILES string of the molecule is Cc1ccc(S(=O)(=O)N2CC3CCCN3C2c2ccccc2)s1. The summed E-state index contributed by atoms with van der Waals surface area (Å²) < 4.78 is 28.5. The molecule has 1 aromatic carbocycles. The molecule has 3 heterocycles. The van der Waals surface area contributed by atoms with Crippen LogP contribution in [-0.4, -0.2) is 36.8 Å². The van der Waals surface area contributed by atoms with Crippen molar-refractivity contribution >= 4 is 21.4 Å². The molecule has 2 atom stereocenters. The highest BCUT2D eigenvalue weighted by Crippen LogP contribution is 2.42. The van der Waals surface area contributed by atoms with E-state index in [0.29, 0.717) is 16.8 Å². The van der Waals surface area contributed by atoms with Crippen LogP contribution in [0.15, 0.2) is 46.7 Å². The summed E-state index contributed by atoms with van der Waals surface area (Å²) in [6.45, 7) is 3.51. The first kappa shape index (κ1) is 15.3. The Labute approximate surface area is 141 Å². The van der Waals surface area contributed by atoms with E-state index < -0.39 is 10.0 Å². The number of sulfonamides is 1. The van der Waals surface area contributed by atoms with Gasteiger partial charge in [-0.2, -0.15) is 4.31 Å². The second-order valence-electron chi connectivity index (χ2n) is 6.26. The third kappa shape index (κ3) is 2.54. The van der Waals surface area contributed by atoms with Gasteiger partial charge in [0.2, 0.25) is 0 Å². The van der Waals surface area contributed by atoms with Crippen LogP contribution in [0.3, 0.4) is 0 Å². The Balaban J connectivity index is 1.77. The number of nitrogens with zero attached hydrogens (tertiary/aromatic N) is 2. The summed E-state index contributed by atoms with van der Waals surface area (Å²) in [5.41, 5.74) is 1.06. The fraction of sp³-hybridized carbons (Fsp3) is 0.412. The van der Waals surface area contributed by atoms with Crippen molar-refractivity contribution in [2.75, 3.05) is 13.1 Å². The Hall–Kier alpha value is -1.21. The van der Waals surface area contributed by atoms with Crippen LogP contribution < -0.4 is 0 Å². The second kappa shape index (κ2) is 5.70. The molecule has 4 nitrogen and oxygen atoms in total. The average molecular weight is 348 g/mol. The fourth-order valence-corrected chi connectivity index (χ4v) is 6.77. The molecule has 2 fully saturated rings. The van der Waals surface area contributed by atoms with E-state index in [4.69, 9.17) is 0 Å². The molecule has 0 saturated carbocycles. The average Bonchev–Trinajstić information content (AvgIpc) is 3.22. The number of benzene rings is 1. The third-order valence-electron chi connectivity index (χ3n) is 4.78. The van der Waals surface area contributed by atoms with Crippen LogP contribution in [0.2, 0.25) is 0 Å². The molecule has 2 aliphatic heterocycles. The van der Waals surface area contributed by atoms with Gasteiger partial charge < -0.3 is 0 Å². The van der Waals surface area contributed by atoms with Crippen molar-refractivity contribution in [3.63, 3.8) is 0 Å². The van der Waals surface area contributed by atoms with Crippen LogP contribution in [0.5, 0.6) is 0 Å². The molecule has 2 aromatic rings. The van der Waals surface area contributed by atoms with E-state index in [1.165, 1.54) is 11.3 Å². The number of rotatable bonds is 3. The minimum Gasteiger partial charge on any atom is -0.279 e. The minimum absolute atomic E-state index is 0.170. The number of fused-ring (bicyclic) bond motifs is 1. The fourth-order valence-electron chi connectivity index (χ4n) is 3.73. The maximum Gasteiger partial charge on any atom is 0.254 e. The smallest absolute Gasteiger partial charge is 0.254 e. The Bertz CT molecular complexity index is 801. The van der Waals surface area contributed by atoms with Crippen molar-refractivity contribution in [1.82, 2.24) is 9.21 Å². The van der Waals surface area contributed by atoms with Crippen molar-refractivity contribution < 1.29 is 8.42 Å². The number of aryl methyl sites for hydroxylation is 1. The van der Waals surface area contributed by atoms with Crippen LogP contribution in [0.4, 0.5) is 0 Å². The molecular formula is C17H20N2O2S2. The normalized spacial score (nSPS) is 25.8. The molecule has 4 rings (SSSR count). The first-order valence-electron chi connectivity index (χ1n) is 7.96. The van der Waals surface area contributed by atoms with E-state index in [1.807, 2.05) is 43.3 Å². The van der Waals surface area contributed by atoms with Crippen LogP contribution in [0.25, 0.3) is 0 Å². The minimum atomic E-state index is -3.45. The van der Waals surface area contributed by atoms with Gasteiger partial charge in [0.15, 0.2) is 0 Å². The summed E-state index contributed by atoms with van der Waals surface area (Å²) in [7, 11) is -3.45. The zero-order valence-corrected chi connectivity index (χ0v) is 14.7. The van der Waals surface area contributed by atoms with Crippen molar-refractivity contribution in [2.24, 2.45) is 0 Å². The van der Waals surface area contributed by atoms with Gasteiger partial charge in [-0.15, -0.1) is 11.3 Å². The summed E-state index contributed by atoms with van der Waals surface area (Å²) in [6.07, 6.45) is 2.06. The molecule has 0 bridgehead atoms. The van der Waals surface area contributed by atoms with Gasteiger partial charge in [-0.1, -0.05) is 30.3 Å². The van der Waals surface area contributed by atoms with E-state index in [9.17, 15) is 8.42 Å². The summed E-state index contributed by atoms with van der Waals surface area (Å²) in [6, 6.07) is 14.0. The number of hydrogen-bond donors (Lipinski definition) is 0. The molecule has 2 aliphatic rings. The van der Waals surface area contributed by atoms with Crippen LogP contribution in [0, 0.1) is 6.92 Å². The first-order valence-corrected chi connectivity index (χ1v) is 10.2. The zero-order chi connectivity index (χ0) is 16.0. The van der Waals surface area contributed by atoms with Gasteiger partial charge in [-0.05, 0) is 37.5 Å². The predicted octanol–water partition coefficient (Wildman–Crippen LogP) is 3.22. The lowest BCUT2D eigenvalue weighted by atomic mass is 10.1. The lowest BCUT2D eigenvalue weighted by Gasteiger charge is -2.29. The monoisotopic (exact) mass is 348 g/mol. The molecule has 122 valence electrons. The standard InChI is InChI=1S/C17H20N2O2S2/c1-13-9-10-16(22-13)23(20,21)19-12-15-8-5-11-18(15)17(19)14-6-3-2-4-7-14/h2-4,6-7,9-10,15,17H,5,8,11-12H2,1H3. The largest absolute Gasteiger partial charge is 0.279 e. The van der Waals surface area contributed by atoms with Crippen molar-refractivity contribution in [2.45, 2.75) is 36.2 Å². The van der Waals surface area contributed by atoms with Crippen molar-refractivity contribution in [1.29, 1.82) is 0 Å². The molecule has 23 heavy (non-hydrogen) atoms. The quantitative estimate of drug-likeness (QED) is 0.855. The molecule has 0 N–H and O–H groups in total. The Kier molecular flexibility index (Phi) is 3.80. The van der Waals surface area contributed by atoms with E-state index in [1.54, 1.807) is 10.4 Å². The molecule has 2 unspecified atom stereocenters. The summed E-state index contributed by atoms with van der Waals surface area (Å²) in [5.74, 6) is 0. The molecule has 6 heteroatoms. The van der Waals surface area contributed by atoms with E-state index in [0.717, 1.165) is 29.8 Å². The van der Waals surface area contributed by atoms with Gasteiger partial charge in [-0.25, -0.2) is 8.42 Å².